The number of nitrogen functional groups attached to an aromatic ring is 1. The molecule has 0 bridgehead atoms. The van der Waals surface area contributed by atoms with Crippen LogP contribution in [0.2, 0.25) is 0 Å². The molecule has 1 fully saturated rings. The molecule has 1 heterocycles. The lowest BCUT2D eigenvalue weighted by atomic mass is 10.0. The molecule has 1 aliphatic heterocycles. The van der Waals surface area contributed by atoms with Crippen LogP contribution in [-0.2, 0) is 6.54 Å². The maximum absolute atomic E-state index is 5.80. The first-order valence-electron chi connectivity index (χ1n) is 6.31. The van der Waals surface area contributed by atoms with Crippen molar-refractivity contribution in [3.8, 4) is 0 Å². The first kappa shape index (κ1) is 11.5. The third-order valence-corrected chi connectivity index (χ3v) is 3.47. The van der Waals surface area contributed by atoms with Gasteiger partial charge in [0, 0.05) is 12.2 Å². The van der Waals surface area contributed by atoms with E-state index < -0.39 is 0 Å². The van der Waals surface area contributed by atoms with Crippen LogP contribution in [0.15, 0.2) is 24.3 Å². The van der Waals surface area contributed by atoms with E-state index in [1.807, 2.05) is 12.1 Å². The predicted molar refractivity (Wildman–Crippen MR) is 69.1 cm³/mol. The molecule has 0 saturated carbocycles. The third-order valence-electron chi connectivity index (χ3n) is 3.47. The summed E-state index contributed by atoms with van der Waals surface area (Å²) in [4.78, 5) is 2.55. The van der Waals surface area contributed by atoms with Gasteiger partial charge in [0.15, 0.2) is 0 Å². The zero-order chi connectivity index (χ0) is 11.4. The van der Waals surface area contributed by atoms with Crippen molar-refractivity contribution >= 4 is 5.69 Å². The number of hydrogen-bond donors (Lipinski definition) is 1. The van der Waals surface area contributed by atoms with E-state index in [-0.39, 0.29) is 0 Å². The number of nitrogens with zero attached hydrogens (tertiary/aromatic N) is 1. The van der Waals surface area contributed by atoms with Crippen LogP contribution in [0.25, 0.3) is 0 Å². The van der Waals surface area contributed by atoms with E-state index in [1.54, 1.807) is 0 Å². The fraction of sp³-hybridized carbons (Fsp3) is 0.571. The number of benzene rings is 1. The summed E-state index contributed by atoms with van der Waals surface area (Å²) in [5, 5.41) is 0. The summed E-state index contributed by atoms with van der Waals surface area (Å²) in [6.07, 6.45) is 4.05. The Balaban J connectivity index is 1.93. The van der Waals surface area contributed by atoms with Gasteiger partial charge < -0.3 is 5.73 Å². The Hall–Kier alpha value is -1.02. The van der Waals surface area contributed by atoms with Gasteiger partial charge in [-0.3, -0.25) is 4.90 Å². The second-order valence-corrected chi connectivity index (χ2v) is 5.06. The second kappa shape index (κ2) is 5.35. The number of rotatable bonds is 2. The van der Waals surface area contributed by atoms with Gasteiger partial charge in [-0.05, 0) is 56.0 Å². The summed E-state index contributed by atoms with van der Waals surface area (Å²) in [6.45, 7) is 5.89. The quantitative estimate of drug-likeness (QED) is 0.773. The van der Waals surface area contributed by atoms with E-state index in [0.29, 0.717) is 0 Å². The highest BCUT2D eigenvalue weighted by Crippen LogP contribution is 2.18. The van der Waals surface area contributed by atoms with Crippen molar-refractivity contribution in [2.45, 2.75) is 32.7 Å². The van der Waals surface area contributed by atoms with Gasteiger partial charge in [0.05, 0.1) is 0 Å². The van der Waals surface area contributed by atoms with Crippen LogP contribution >= 0.6 is 0 Å². The lowest BCUT2D eigenvalue weighted by molar-refractivity contribution is 0.274. The molecule has 88 valence electrons. The van der Waals surface area contributed by atoms with Gasteiger partial charge in [-0.1, -0.05) is 19.1 Å². The smallest absolute Gasteiger partial charge is 0.0317 e. The van der Waals surface area contributed by atoms with Crippen molar-refractivity contribution in [1.82, 2.24) is 4.90 Å². The van der Waals surface area contributed by atoms with Crippen molar-refractivity contribution in [3.63, 3.8) is 0 Å². The third kappa shape index (κ3) is 3.24. The molecule has 1 aromatic rings. The van der Waals surface area contributed by atoms with Crippen LogP contribution < -0.4 is 5.73 Å². The van der Waals surface area contributed by atoms with Crippen molar-refractivity contribution in [2.75, 3.05) is 18.8 Å². The Morgan fingerprint density at radius 3 is 3.00 bits per heavy atom. The Morgan fingerprint density at radius 2 is 2.19 bits per heavy atom. The van der Waals surface area contributed by atoms with Crippen molar-refractivity contribution in [3.05, 3.63) is 29.8 Å². The number of nitrogens with two attached hydrogens (primary N) is 1. The molecule has 0 amide bonds. The molecule has 0 spiro atoms. The molecule has 2 N–H and O–H groups in total. The highest BCUT2D eigenvalue weighted by atomic mass is 15.1. The molecule has 0 radical (unpaired) electrons. The Labute approximate surface area is 98.4 Å². The summed E-state index contributed by atoms with van der Waals surface area (Å²) in [7, 11) is 0. The van der Waals surface area contributed by atoms with Gasteiger partial charge >= 0.3 is 0 Å². The summed E-state index contributed by atoms with van der Waals surface area (Å²) in [5.41, 5.74) is 8.02. The number of hydrogen-bond acceptors (Lipinski definition) is 2. The highest BCUT2D eigenvalue weighted by Gasteiger charge is 2.13. The van der Waals surface area contributed by atoms with E-state index in [1.165, 1.54) is 37.9 Å². The monoisotopic (exact) mass is 218 g/mol. The zero-order valence-corrected chi connectivity index (χ0v) is 10.2. The molecule has 2 heteroatoms. The van der Waals surface area contributed by atoms with E-state index in [2.05, 4.69) is 24.0 Å². The minimum Gasteiger partial charge on any atom is -0.399 e. The van der Waals surface area contributed by atoms with Gasteiger partial charge in [-0.25, -0.2) is 0 Å². The molecule has 1 aromatic carbocycles. The van der Waals surface area contributed by atoms with Crippen LogP contribution in [0.3, 0.4) is 0 Å². The Morgan fingerprint density at radius 1 is 1.31 bits per heavy atom. The highest BCUT2D eigenvalue weighted by molar-refractivity contribution is 5.40. The zero-order valence-electron chi connectivity index (χ0n) is 10.2. The number of likely N-dealkylation sites (tertiary alicyclic amines) is 1. The average molecular weight is 218 g/mol. The van der Waals surface area contributed by atoms with Crippen LogP contribution in [-0.4, -0.2) is 18.0 Å². The lowest BCUT2D eigenvalue weighted by Gasteiger charge is -2.20. The molecular weight excluding hydrogens is 196 g/mol. The lowest BCUT2D eigenvalue weighted by Crippen LogP contribution is -2.24. The first-order chi connectivity index (χ1) is 7.74. The van der Waals surface area contributed by atoms with E-state index in [0.717, 1.165) is 18.2 Å². The van der Waals surface area contributed by atoms with Crippen molar-refractivity contribution in [1.29, 1.82) is 0 Å². The Kier molecular flexibility index (Phi) is 3.83. The molecule has 1 atom stereocenters. The predicted octanol–water partition coefficient (Wildman–Crippen LogP) is 2.89. The summed E-state index contributed by atoms with van der Waals surface area (Å²) in [5.74, 6) is 0.894. The van der Waals surface area contributed by atoms with Gasteiger partial charge in [-0.15, -0.1) is 0 Å². The van der Waals surface area contributed by atoms with Gasteiger partial charge in [0.2, 0.25) is 0 Å². The van der Waals surface area contributed by atoms with Crippen molar-refractivity contribution < 1.29 is 0 Å². The van der Waals surface area contributed by atoms with E-state index in [9.17, 15) is 0 Å². The molecule has 16 heavy (non-hydrogen) atoms. The maximum atomic E-state index is 5.80. The molecule has 1 unspecified atom stereocenters. The van der Waals surface area contributed by atoms with Crippen molar-refractivity contribution in [2.24, 2.45) is 5.92 Å². The summed E-state index contributed by atoms with van der Waals surface area (Å²) < 4.78 is 0. The molecule has 2 nitrogen and oxygen atoms in total. The average Bonchev–Trinajstić information content (AvgIpc) is 2.44. The molecule has 2 rings (SSSR count). The summed E-state index contributed by atoms with van der Waals surface area (Å²) >= 11 is 0. The minimum atomic E-state index is 0.876. The van der Waals surface area contributed by atoms with Crippen LogP contribution in [0.4, 0.5) is 5.69 Å². The maximum Gasteiger partial charge on any atom is 0.0317 e. The van der Waals surface area contributed by atoms with Gasteiger partial charge in [0.25, 0.3) is 0 Å². The Bertz CT molecular complexity index is 335. The minimum absolute atomic E-state index is 0.876. The van der Waals surface area contributed by atoms with Crippen LogP contribution in [0, 0.1) is 5.92 Å². The van der Waals surface area contributed by atoms with Gasteiger partial charge in [-0.2, -0.15) is 0 Å². The van der Waals surface area contributed by atoms with E-state index >= 15 is 0 Å². The van der Waals surface area contributed by atoms with Gasteiger partial charge in [0.1, 0.15) is 0 Å². The standard InChI is InChI=1S/C14H22N2/c1-12-4-3-8-16(9-7-12)11-13-5-2-6-14(15)10-13/h2,5-6,10,12H,3-4,7-9,11,15H2,1H3. The topological polar surface area (TPSA) is 29.3 Å². The fourth-order valence-corrected chi connectivity index (χ4v) is 2.43. The SMILES string of the molecule is CC1CCCN(Cc2cccc(N)c2)CC1. The number of anilines is 1. The van der Waals surface area contributed by atoms with E-state index in [4.69, 9.17) is 5.73 Å². The molecule has 0 aliphatic carbocycles. The second-order valence-electron chi connectivity index (χ2n) is 5.06. The molecule has 0 aromatic heterocycles. The largest absolute Gasteiger partial charge is 0.399 e. The van der Waals surface area contributed by atoms with Crippen LogP contribution in [0.1, 0.15) is 31.7 Å². The normalized spacial score (nSPS) is 22.9. The van der Waals surface area contributed by atoms with Crippen LogP contribution in [0.5, 0.6) is 0 Å². The molecule has 1 aliphatic rings. The molecule has 1 saturated heterocycles. The summed E-state index contributed by atoms with van der Waals surface area (Å²) in [6, 6.07) is 8.26. The first-order valence-corrected chi connectivity index (χ1v) is 6.31. The molecular formula is C14H22N2. The fourth-order valence-electron chi connectivity index (χ4n) is 2.43.